The first-order valence-electron chi connectivity index (χ1n) is 5.86. The minimum atomic E-state index is -0.166. The van der Waals surface area contributed by atoms with Crippen molar-refractivity contribution in [2.24, 2.45) is 0 Å². The minimum Gasteiger partial charge on any atom is -0.296 e. The van der Waals surface area contributed by atoms with Crippen molar-refractivity contribution >= 4 is 5.57 Å². The smallest absolute Gasteiger partial charge is 0.123 e. The minimum absolute atomic E-state index is 0.166. The van der Waals surface area contributed by atoms with E-state index in [1.807, 2.05) is 12.1 Å². The summed E-state index contributed by atoms with van der Waals surface area (Å²) in [6.45, 7) is 6.53. The van der Waals surface area contributed by atoms with Crippen molar-refractivity contribution < 1.29 is 4.39 Å². The van der Waals surface area contributed by atoms with Gasteiger partial charge >= 0.3 is 0 Å². The maximum Gasteiger partial charge on any atom is 0.123 e. The zero-order valence-electron chi connectivity index (χ0n) is 9.91. The van der Waals surface area contributed by atoms with Crippen LogP contribution in [0.3, 0.4) is 0 Å². The Morgan fingerprint density at radius 1 is 1.19 bits per heavy atom. The Bertz CT molecular complexity index is 378. The Labute approximate surface area is 96.6 Å². The van der Waals surface area contributed by atoms with Gasteiger partial charge in [-0.15, -0.1) is 0 Å². The van der Waals surface area contributed by atoms with Crippen molar-refractivity contribution in [3.05, 3.63) is 41.7 Å². The summed E-state index contributed by atoms with van der Waals surface area (Å²) >= 11 is 0. The molecule has 86 valence electrons. The van der Waals surface area contributed by atoms with Crippen LogP contribution in [-0.4, -0.2) is 24.0 Å². The van der Waals surface area contributed by atoms with E-state index in [1.54, 1.807) is 0 Å². The van der Waals surface area contributed by atoms with E-state index < -0.39 is 0 Å². The molecule has 1 aromatic rings. The Kier molecular flexibility index (Phi) is 3.39. The molecule has 1 aliphatic rings. The number of hydrogen-bond donors (Lipinski definition) is 0. The number of halogens is 1. The lowest BCUT2D eigenvalue weighted by Crippen LogP contribution is -2.35. The van der Waals surface area contributed by atoms with Gasteiger partial charge in [-0.05, 0) is 43.5 Å². The quantitative estimate of drug-likeness (QED) is 0.737. The van der Waals surface area contributed by atoms with Gasteiger partial charge in [0.2, 0.25) is 0 Å². The standard InChI is InChI=1S/C14H18FN/c1-11(2)16-9-3-4-13(10-16)12-5-7-14(15)8-6-12/h4-8,11H,3,9-10H2,1-2H3. The second-order valence-corrected chi connectivity index (χ2v) is 4.59. The van der Waals surface area contributed by atoms with Crippen LogP contribution in [0.15, 0.2) is 30.3 Å². The third kappa shape index (κ3) is 2.50. The monoisotopic (exact) mass is 219 g/mol. The van der Waals surface area contributed by atoms with Crippen LogP contribution < -0.4 is 0 Å². The second-order valence-electron chi connectivity index (χ2n) is 4.59. The average molecular weight is 219 g/mol. The molecular formula is C14H18FN. The topological polar surface area (TPSA) is 3.24 Å². The molecule has 0 saturated heterocycles. The van der Waals surface area contributed by atoms with Crippen LogP contribution in [0.1, 0.15) is 25.8 Å². The largest absolute Gasteiger partial charge is 0.296 e. The molecule has 0 radical (unpaired) electrons. The van der Waals surface area contributed by atoms with E-state index in [0.29, 0.717) is 6.04 Å². The Morgan fingerprint density at radius 3 is 2.50 bits per heavy atom. The van der Waals surface area contributed by atoms with Gasteiger partial charge in [-0.2, -0.15) is 0 Å². The van der Waals surface area contributed by atoms with Crippen molar-refractivity contribution in [2.75, 3.05) is 13.1 Å². The lowest BCUT2D eigenvalue weighted by Gasteiger charge is -2.30. The van der Waals surface area contributed by atoms with Crippen LogP contribution in [0.25, 0.3) is 5.57 Å². The first-order valence-corrected chi connectivity index (χ1v) is 5.86. The first-order chi connectivity index (χ1) is 7.66. The molecule has 0 N–H and O–H groups in total. The summed E-state index contributed by atoms with van der Waals surface area (Å²) in [6.07, 6.45) is 3.36. The van der Waals surface area contributed by atoms with Crippen LogP contribution in [0.5, 0.6) is 0 Å². The van der Waals surface area contributed by atoms with Crippen LogP contribution in [0, 0.1) is 5.82 Å². The highest BCUT2D eigenvalue weighted by Crippen LogP contribution is 2.22. The lowest BCUT2D eigenvalue weighted by atomic mass is 10.0. The van der Waals surface area contributed by atoms with Gasteiger partial charge in [-0.1, -0.05) is 18.2 Å². The van der Waals surface area contributed by atoms with Gasteiger partial charge in [0.1, 0.15) is 5.82 Å². The van der Waals surface area contributed by atoms with E-state index in [-0.39, 0.29) is 5.82 Å². The summed E-state index contributed by atoms with van der Waals surface area (Å²) in [7, 11) is 0. The fourth-order valence-electron chi connectivity index (χ4n) is 2.08. The zero-order chi connectivity index (χ0) is 11.5. The van der Waals surface area contributed by atoms with E-state index in [0.717, 1.165) is 25.1 Å². The molecule has 0 unspecified atom stereocenters. The normalized spacial score (nSPS) is 17.6. The molecule has 0 fully saturated rings. The second kappa shape index (κ2) is 4.79. The maximum absolute atomic E-state index is 12.8. The Morgan fingerprint density at radius 2 is 1.88 bits per heavy atom. The van der Waals surface area contributed by atoms with Gasteiger partial charge in [0, 0.05) is 19.1 Å². The van der Waals surface area contributed by atoms with E-state index >= 15 is 0 Å². The summed E-state index contributed by atoms with van der Waals surface area (Å²) in [5.41, 5.74) is 2.46. The van der Waals surface area contributed by atoms with E-state index in [2.05, 4.69) is 24.8 Å². The van der Waals surface area contributed by atoms with Gasteiger partial charge in [-0.3, -0.25) is 4.90 Å². The molecule has 0 bridgehead atoms. The molecule has 1 nitrogen and oxygen atoms in total. The highest BCUT2D eigenvalue weighted by molar-refractivity contribution is 5.67. The van der Waals surface area contributed by atoms with Crippen LogP contribution in [-0.2, 0) is 0 Å². The summed E-state index contributed by atoms with van der Waals surface area (Å²) < 4.78 is 12.8. The predicted molar refractivity (Wildman–Crippen MR) is 65.7 cm³/mol. The molecule has 1 aliphatic heterocycles. The predicted octanol–water partition coefficient (Wildman–Crippen LogP) is 3.32. The van der Waals surface area contributed by atoms with E-state index in [1.165, 1.54) is 17.7 Å². The van der Waals surface area contributed by atoms with E-state index in [9.17, 15) is 4.39 Å². The van der Waals surface area contributed by atoms with Crippen molar-refractivity contribution in [1.82, 2.24) is 4.90 Å². The van der Waals surface area contributed by atoms with Gasteiger partial charge in [0.25, 0.3) is 0 Å². The molecule has 0 aromatic heterocycles. The number of benzene rings is 1. The average Bonchev–Trinajstić information content (AvgIpc) is 2.30. The molecule has 0 saturated carbocycles. The first kappa shape index (κ1) is 11.3. The van der Waals surface area contributed by atoms with Crippen molar-refractivity contribution in [3.8, 4) is 0 Å². The summed E-state index contributed by atoms with van der Waals surface area (Å²) in [4.78, 5) is 2.44. The fourth-order valence-corrected chi connectivity index (χ4v) is 2.08. The number of nitrogens with zero attached hydrogens (tertiary/aromatic N) is 1. The van der Waals surface area contributed by atoms with E-state index in [4.69, 9.17) is 0 Å². The highest BCUT2D eigenvalue weighted by Gasteiger charge is 2.15. The molecule has 1 aromatic carbocycles. The van der Waals surface area contributed by atoms with Crippen molar-refractivity contribution in [1.29, 1.82) is 0 Å². The molecule has 2 rings (SSSR count). The number of rotatable bonds is 2. The van der Waals surface area contributed by atoms with Gasteiger partial charge in [0.15, 0.2) is 0 Å². The molecule has 0 aliphatic carbocycles. The summed E-state index contributed by atoms with van der Waals surface area (Å²) in [5, 5.41) is 0. The zero-order valence-corrected chi connectivity index (χ0v) is 9.91. The molecular weight excluding hydrogens is 201 g/mol. The molecule has 2 heteroatoms. The Balaban J connectivity index is 2.15. The van der Waals surface area contributed by atoms with Gasteiger partial charge in [0.05, 0.1) is 0 Å². The third-order valence-corrected chi connectivity index (χ3v) is 3.13. The third-order valence-electron chi connectivity index (χ3n) is 3.13. The van der Waals surface area contributed by atoms with Gasteiger partial charge in [-0.25, -0.2) is 4.39 Å². The van der Waals surface area contributed by atoms with Crippen molar-refractivity contribution in [2.45, 2.75) is 26.3 Å². The highest BCUT2D eigenvalue weighted by atomic mass is 19.1. The van der Waals surface area contributed by atoms with Crippen LogP contribution >= 0.6 is 0 Å². The summed E-state index contributed by atoms with van der Waals surface area (Å²) in [6, 6.07) is 7.37. The Hall–Kier alpha value is -1.15. The molecule has 0 atom stereocenters. The van der Waals surface area contributed by atoms with Gasteiger partial charge < -0.3 is 0 Å². The maximum atomic E-state index is 12.8. The number of hydrogen-bond acceptors (Lipinski definition) is 1. The molecule has 16 heavy (non-hydrogen) atoms. The van der Waals surface area contributed by atoms with Crippen LogP contribution in [0.2, 0.25) is 0 Å². The molecule has 1 heterocycles. The van der Waals surface area contributed by atoms with Crippen molar-refractivity contribution in [3.63, 3.8) is 0 Å². The molecule has 0 spiro atoms. The molecule has 0 amide bonds. The van der Waals surface area contributed by atoms with Crippen LogP contribution in [0.4, 0.5) is 4.39 Å². The SMILES string of the molecule is CC(C)N1CCC=C(c2ccc(F)cc2)C1. The summed E-state index contributed by atoms with van der Waals surface area (Å²) in [5.74, 6) is -0.166. The fraction of sp³-hybridized carbons (Fsp3) is 0.429. The lowest BCUT2D eigenvalue weighted by molar-refractivity contribution is 0.248.